The maximum atomic E-state index is 10.9. The smallest absolute Gasteiger partial charge is 0.313 e. The normalized spacial score (nSPS) is 21.2. The van der Waals surface area contributed by atoms with Gasteiger partial charge >= 0.3 is 5.97 Å². The number of hydrogen-bond donors (Lipinski definition) is 2. The summed E-state index contributed by atoms with van der Waals surface area (Å²) in [6.45, 7) is 1.15. The Morgan fingerprint density at radius 3 is 3.31 bits per heavy atom. The van der Waals surface area contributed by atoms with Crippen LogP contribution in [0.25, 0.3) is 0 Å². The third-order valence-electron chi connectivity index (χ3n) is 2.33. The van der Waals surface area contributed by atoms with Crippen molar-refractivity contribution in [3.63, 3.8) is 0 Å². The minimum absolute atomic E-state index is 0.462. The van der Waals surface area contributed by atoms with Crippen LogP contribution >= 0.6 is 0 Å². The highest BCUT2D eigenvalue weighted by molar-refractivity contribution is 5.76. The molecule has 2 heterocycles. The summed E-state index contributed by atoms with van der Waals surface area (Å²) in [5.74, 6) is -1.26. The van der Waals surface area contributed by atoms with Gasteiger partial charge in [-0.3, -0.25) is 4.79 Å². The van der Waals surface area contributed by atoms with Crippen LogP contribution in [0.2, 0.25) is 0 Å². The van der Waals surface area contributed by atoms with E-state index >= 15 is 0 Å². The van der Waals surface area contributed by atoms with E-state index in [9.17, 15) is 4.79 Å². The highest BCUT2D eigenvalue weighted by Gasteiger charge is 2.29. The second-order valence-electron chi connectivity index (χ2n) is 3.21. The first-order chi connectivity index (χ1) is 6.20. The zero-order valence-electron chi connectivity index (χ0n) is 7.32. The Hall–Kier alpha value is -1.36. The second-order valence-corrected chi connectivity index (χ2v) is 3.21. The lowest BCUT2D eigenvalue weighted by Crippen LogP contribution is -2.33. The molecule has 1 aromatic rings. The minimum atomic E-state index is -0.794. The van der Waals surface area contributed by atoms with Crippen molar-refractivity contribution in [1.82, 2.24) is 14.9 Å². The number of fused-ring (bicyclic) bond motifs is 1. The minimum Gasteiger partial charge on any atom is -0.481 e. The van der Waals surface area contributed by atoms with Crippen LogP contribution in [-0.4, -0.2) is 27.2 Å². The summed E-state index contributed by atoms with van der Waals surface area (Å²) in [4.78, 5) is 15.0. The number of carboxylic acid groups (broad SMARTS) is 1. The molecule has 0 aliphatic carbocycles. The monoisotopic (exact) mass is 181 g/mol. The van der Waals surface area contributed by atoms with E-state index in [2.05, 4.69) is 10.3 Å². The number of nitrogens with one attached hydrogen (secondary N) is 1. The molecule has 0 bridgehead atoms. The Balaban J connectivity index is 2.46. The first-order valence-electron chi connectivity index (χ1n) is 4.13. The van der Waals surface area contributed by atoms with Gasteiger partial charge in [-0.1, -0.05) is 0 Å². The number of nitrogens with zero attached hydrogens (tertiary/aromatic N) is 2. The van der Waals surface area contributed by atoms with Crippen LogP contribution in [0.15, 0.2) is 6.33 Å². The van der Waals surface area contributed by atoms with Gasteiger partial charge in [-0.2, -0.15) is 0 Å². The highest BCUT2D eigenvalue weighted by atomic mass is 16.4. The van der Waals surface area contributed by atoms with Crippen LogP contribution in [-0.2, 0) is 18.4 Å². The van der Waals surface area contributed by atoms with Crippen LogP contribution < -0.4 is 5.32 Å². The topological polar surface area (TPSA) is 67.2 Å². The van der Waals surface area contributed by atoms with E-state index in [-0.39, 0.29) is 0 Å². The van der Waals surface area contributed by atoms with Crippen molar-refractivity contribution in [2.45, 2.75) is 12.5 Å². The number of aryl methyl sites for hydroxylation is 1. The van der Waals surface area contributed by atoms with E-state index in [1.54, 1.807) is 10.9 Å². The maximum Gasteiger partial charge on any atom is 0.313 e. The maximum absolute atomic E-state index is 10.9. The molecule has 0 spiro atoms. The Kier molecular flexibility index (Phi) is 1.81. The zero-order valence-corrected chi connectivity index (χ0v) is 7.32. The summed E-state index contributed by atoms with van der Waals surface area (Å²) in [5.41, 5.74) is 1.67. The van der Waals surface area contributed by atoms with Gasteiger partial charge in [0.2, 0.25) is 0 Å². The van der Waals surface area contributed by atoms with Crippen molar-refractivity contribution in [2.24, 2.45) is 7.05 Å². The average molecular weight is 181 g/mol. The van der Waals surface area contributed by atoms with E-state index in [1.807, 2.05) is 7.05 Å². The molecule has 0 aromatic carbocycles. The van der Waals surface area contributed by atoms with Gasteiger partial charge in [0, 0.05) is 20.1 Å². The third kappa shape index (κ3) is 1.21. The lowest BCUT2D eigenvalue weighted by molar-refractivity contribution is -0.139. The fourth-order valence-corrected chi connectivity index (χ4v) is 1.71. The van der Waals surface area contributed by atoms with Gasteiger partial charge in [0.25, 0.3) is 0 Å². The summed E-state index contributed by atoms with van der Waals surface area (Å²) >= 11 is 0. The van der Waals surface area contributed by atoms with Gasteiger partial charge in [0.05, 0.1) is 17.7 Å². The largest absolute Gasteiger partial charge is 0.481 e. The fraction of sp³-hybridized carbons (Fsp3) is 0.500. The molecule has 0 saturated heterocycles. The van der Waals surface area contributed by atoms with E-state index < -0.39 is 11.9 Å². The predicted molar refractivity (Wildman–Crippen MR) is 45.3 cm³/mol. The van der Waals surface area contributed by atoms with Crippen molar-refractivity contribution >= 4 is 5.97 Å². The number of imidazole rings is 1. The Morgan fingerprint density at radius 1 is 1.85 bits per heavy atom. The first kappa shape index (κ1) is 8.25. The van der Waals surface area contributed by atoms with Gasteiger partial charge in [0.15, 0.2) is 0 Å². The number of aromatic nitrogens is 2. The van der Waals surface area contributed by atoms with Crippen LogP contribution in [0, 0.1) is 0 Å². The number of hydrogen-bond acceptors (Lipinski definition) is 3. The molecule has 0 saturated carbocycles. The van der Waals surface area contributed by atoms with Gasteiger partial charge < -0.3 is 15.0 Å². The molecule has 70 valence electrons. The summed E-state index contributed by atoms with van der Waals surface area (Å²) in [5, 5.41) is 12.0. The van der Waals surface area contributed by atoms with Gasteiger partial charge in [-0.25, -0.2) is 4.98 Å². The van der Waals surface area contributed by atoms with Crippen LogP contribution in [0.1, 0.15) is 17.3 Å². The van der Waals surface area contributed by atoms with Crippen molar-refractivity contribution < 1.29 is 9.90 Å². The molecule has 1 unspecified atom stereocenters. The molecule has 1 aliphatic heterocycles. The van der Waals surface area contributed by atoms with Gasteiger partial charge in [-0.15, -0.1) is 0 Å². The quantitative estimate of drug-likeness (QED) is 0.623. The van der Waals surface area contributed by atoms with Crippen LogP contribution in [0.5, 0.6) is 0 Å². The molecule has 0 amide bonds. The van der Waals surface area contributed by atoms with Crippen molar-refractivity contribution in [3.05, 3.63) is 17.7 Å². The summed E-state index contributed by atoms with van der Waals surface area (Å²) < 4.78 is 1.79. The predicted octanol–water partition coefficient (Wildman–Crippen LogP) is -0.309. The lowest BCUT2D eigenvalue weighted by atomic mass is 10.0. The van der Waals surface area contributed by atoms with Crippen molar-refractivity contribution in [3.8, 4) is 0 Å². The Morgan fingerprint density at radius 2 is 2.62 bits per heavy atom. The van der Waals surface area contributed by atoms with Gasteiger partial charge in [-0.05, 0) is 0 Å². The standard InChI is InChI=1S/C8H11N3O2/c1-11-4-10-6-3-9-2-5(7(6)11)8(12)13/h4-5,9H,2-3H2,1H3,(H,12,13). The fourth-order valence-electron chi connectivity index (χ4n) is 1.71. The molecule has 13 heavy (non-hydrogen) atoms. The molecular weight excluding hydrogens is 170 g/mol. The number of rotatable bonds is 1. The van der Waals surface area contributed by atoms with E-state index in [4.69, 9.17) is 5.11 Å². The van der Waals surface area contributed by atoms with Crippen molar-refractivity contribution in [2.75, 3.05) is 6.54 Å². The second kappa shape index (κ2) is 2.85. The van der Waals surface area contributed by atoms with Gasteiger partial charge in [0.1, 0.15) is 5.92 Å². The molecular formula is C8H11N3O2. The molecule has 0 radical (unpaired) electrons. The molecule has 5 heteroatoms. The summed E-state index contributed by atoms with van der Waals surface area (Å²) in [6.07, 6.45) is 1.66. The Labute approximate surface area is 75.4 Å². The molecule has 1 atom stereocenters. The zero-order chi connectivity index (χ0) is 9.42. The van der Waals surface area contributed by atoms with E-state index in [0.717, 1.165) is 11.4 Å². The first-order valence-corrected chi connectivity index (χ1v) is 4.13. The van der Waals surface area contributed by atoms with Crippen LogP contribution in [0.4, 0.5) is 0 Å². The van der Waals surface area contributed by atoms with E-state index in [1.165, 1.54) is 0 Å². The number of carboxylic acids is 1. The van der Waals surface area contributed by atoms with Crippen molar-refractivity contribution in [1.29, 1.82) is 0 Å². The number of aliphatic carboxylic acids is 1. The molecule has 1 aromatic heterocycles. The molecule has 2 N–H and O–H groups in total. The lowest BCUT2D eigenvalue weighted by Gasteiger charge is -2.20. The SMILES string of the molecule is Cn1cnc2c1C(C(=O)O)CNC2. The third-order valence-corrected chi connectivity index (χ3v) is 2.33. The van der Waals surface area contributed by atoms with Crippen LogP contribution in [0.3, 0.4) is 0 Å². The molecule has 1 aliphatic rings. The molecule has 0 fully saturated rings. The molecule has 5 nitrogen and oxygen atoms in total. The van der Waals surface area contributed by atoms with E-state index in [0.29, 0.717) is 13.1 Å². The summed E-state index contributed by atoms with van der Waals surface area (Å²) in [6, 6.07) is 0. The Bertz CT molecular complexity index is 345. The summed E-state index contributed by atoms with van der Waals surface area (Å²) in [7, 11) is 1.83. The number of carbonyl (C=O) groups is 1. The average Bonchev–Trinajstić information content (AvgIpc) is 2.48. The highest BCUT2D eigenvalue weighted by Crippen LogP contribution is 2.22. The molecule has 2 rings (SSSR count).